The molecule has 1 aliphatic carbocycles. The van der Waals surface area contributed by atoms with E-state index in [1.165, 1.54) is 83.5 Å². The number of aldehydes is 1. The lowest BCUT2D eigenvalue weighted by atomic mass is 9.71. The molecule has 0 amide bonds. The van der Waals surface area contributed by atoms with E-state index in [0.717, 1.165) is 62.6 Å². The van der Waals surface area contributed by atoms with Crippen LogP contribution in [0.5, 0.6) is 0 Å². The minimum atomic E-state index is -0.722. The van der Waals surface area contributed by atoms with Gasteiger partial charge in [0.1, 0.15) is 11.7 Å². The van der Waals surface area contributed by atoms with Crippen LogP contribution in [-0.2, 0) is 4.79 Å². The van der Waals surface area contributed by atoms with Gasteiger partial charge in [-0.1, -0.05) is 117 Å². The van der Waals surface area contributed by atoms with Crippen LogP contribution in [0.4, 0.5) is 0 Å². The summed E-state index contributed by atoms with van der Waals surface area (Å²) >= 11 is 0. The smallest absolute Gasteiger partial charge is 0.140 e. The highest BCUT2D eigenvalue weighted by atomic mass is 16.1. The Morgan fingerprint density at radius 1 is 0.833 bits per heavy atom. The number of carbonyl (C=O) groups excluding carboxylic acids is 1. The first-order valence-corrected chi connectivity index (χ1v) is 13.5. The molecule has 1 aliphatic rings. The standard InChI is InChI=1S/C28H51NO/c1-4-7-10-11-14-25-17-19-27(20-18-25)26(15-9-6-3)16-13-22-28(23-29,24-30)21-12-8-5-2/h24-27H,4-22H2,1-3H3. The monoisotopic (exact) mass is 417 g/mol. The van der Waals surface area contributed by atoms with Gasteiger partial charge >= 0.3 is 0 Å². The highest BCUT2D eigenvalue weighted by Crippen LogP contribution is 2.40. The minimum Gasteiger partial charge on any atom is -0.302 e. The van der Waals surface area contributed by atoms with Gasteiger partial charge in [0.2, 0.25) is 0 Å². The number of rotatable bonds is 18. The summed E-state index contributed by atoms with van der Waals surface area (Å²) in [6, 6.07) is 2.39. The molecule has 2 heteroatoms. The summed E-state index contributed by atoms with van der Waals surface area (Å²) in [5.41, 5.74) is -0.722. The molecule has 1 fully saturated rings. The van der Waals surface area contributed by atoms with Crippen molar-refractivity contribution in [2.75, 3.05) is 0 Å². The molecule has 0 bridgehead atoms. The lowest BCUT2D eigenvalue weighted by Gasteiger charge is -2.34. The van der Waals surface area contributed by atoms with Crippen LogP contribution in [0, 0.1) is 34.5 Å². The van der Waals surface area contributed by atoms with Gasteiger partial charge in [-0.25, -0.2) is 0 Å². The fourth-order valence-electron chi connectivity index (χ4n) is 5.64. The molecule has 0 heterocycles. The molecule has 0 aromatic carbocycles. The van der Waals surface area contributed by atoms with Crippen molar-refractivity contribution in [1.82, 2.24) is 0 Å². The second kappa shape index (κ2) is 16.8. The summed E-state index contributed by atoms with van der Waals surface area (Å²) in [6.45, 7) is 6.76. The van der Waals surface area contributed by atoms with Gasteiger partial charge in [-0.15, -0.1) is 0 Å². The third-order valence-electron chi connectivity index (χ3n) is 7.82. The number of unbranched alkanes of at least 4 members (excludes halogenated alkanes) is 6. The maximum Gasteiger partial charge on any atom is 0.140 e. The molecular weight excluding hydrogens is 366 g/mol. The Labute approximate surface area is 188 Å². The first-order valence-electron chi connectivity index (χ1n) is 13.5. The second-order valence-corrected chi connectivity index (χ2v) is 10.3. The summed E-state index contributed by atoms with van der Waals surface area (Å²) in [5.74, 6) is 2.67. The quantitative estimate of drug-likeness (QED) is 0.165. The van der Waals surface area contributed by atoms with E-state index in [0.29, 0.717) is 0 Å². The molecule has 0 N–H and O–H groups in total. The van der Waals surface area contributed by atoms with Gasteiger partial charge in [-0.2, -0.15) is 5.26 Å². The van der Waals surface area contributed by atoms with Crippen molar-refractivity contribution < 1.29 is 4.79 Å². The van der Waals surface area contributed by atoms with Gasteiger partial charge in [0.15, 0.2) is 0 Å². The van der Waals surface area contributed by atoms with Gasteiger partial charge in [0.05, 0.1) is 6.07 Å². The first kappa shape index (κ1) is 27.2. The number of nitriles is 1. The van der Waals surface area contributed by atoms with E-state index < -0.39 is 5.41 Å². The Bertz CT molecular complexity index is 460. The number of nitrogens with zero attached hydrogens (tertiary/aromatic N) is 1. The average molecular weight is 418 g/mol. The van der Waals surface area contributed by atoms with E-state index in [9.17, 15) is 10.1 Å². The van der Waals surface area contributed by atoms with Crippen molar-refractivity contribution >= 4 is 6.29 Å². The van der Waals surface area contributed by atoms with E-state index in [4.69, 9.17) is 0 Å². The Morgan fingerprint density at radius 3 is 2.03 bits per heavy atom. The molecular formula is C28H51NO. The molecule has 1 rings (SSSR count). The van der Waals surface area contributed by atoms with Crippen molar-refractivity contribution in [1.29, 1.82) is 5.26 Å². The molecule has 0 radical (unpaired) electrons. The summed E-state index contributed by atoms with van der Waals surface area (Å²) < 4.78 is 0. The zero-order valence-electron chi connectivity index (χ0n) is 20.6. The maximum absolute atomic E-state index is 11.7. The fraction of sp³-hybridized carbons (Fsp3) is 0.929. The van der Waals surface area contributed by atoms with Crippen LogP contribution in [0.25, 0.3) is 0 Å². The number of hydrogen-bond acceptors (Lipinski definition) is 2. The van der Waals surface area contributed by atoms with Crippen molar-refractivity contribution in [2.45, 2.75) is 143 Å². The highest BCUT2D eigenvalue weighted by molar-refractivity contribution is 5.63. The molecule has 2 nitrogen and oxygen atoms in total. The zero-order valence-corrected chi connectivity index (χ0v) is 20.6. The average Bonchev–Trinajstić information content (AvgIpc) is 2.78. The van der Waals surface area contributed by atoms with Crippen LogP contribution in [0.2, 0.25) is 0 Å². The Morgan fingerprint density at radius 2 is 1.43 bits per heavy atom. The van der Waals surface area contributed by atoms with Crippen LogP contribution in [-0.4, -0.2) is 6.29 Å². The van der Waals surface area contributed by atoms with Crippen molar-refractivity contribution in [3.63, 3.8) is 0 Å². The highest BCUT2D eigenvalue weighted by Gasteiger charge is 2.31. The van der Waals surface area contributed by atoms with E-state index in [1.807, 2.05) is 0 Å². The van der Waals surface area contributed by atoms with E-state index in [1.54, 1.807) is 0 Å². The fourth-order valence-corrected chi connectivity index (χ4v) is 5.64. The van der Waals surface area contributed by atoms with Gasteiger partial charge < -0.3 is 4.79 Å². The van der Waals surface area contributed by atoms with E-state index in [-0.39, 0.29) is 0 Å². The number of hydrogen-bond donors (Lipinski definition) is 0. The Hall–Kier alpha value is -0.840. The zero-order chi connectivity index (χ0) is 22.1. The maximum atomic E-state index is 11.7. The normalized spacial score (nSPS) is 22.2. The third kappa shape index (κ3) is 10.5. The predicted molar refractivity (Wildman–Crippen MR) is 129 cm³/mol. The molecule has 2 unspecified atom stereocenters. The van der Waals surface area contributed by atoms with Crippen LogP contribution in [0.15, 0.2) is 0 Å². The Balaban J connectivity index is 2.48. The molecule has 1 saturated carbocycles. The van der Waals surface area contributed by atoms with Gasteiger partial charge in [-0.3, -0.25) is 0 Å². The molecule has 0 aromatic rings. The van der Waals surface area contributed by atoms with E-state index in [2.05, 4.69) is 26.8 Å². The molecule has 30 heavy (non-hydrogen) atoms. The molecule has 174 valence electrons. The Kier molecular flexibility index (Phi) is 15.2. The van der Waals surface area contributed by atoms with Crippen LogP contribution in [0.3, 0.4) is 0 Å². The van der Waals surface area contributed by atoms with Crippen molar-refractivity contribution in [2.24, 2.45) is 23.2 Å². The van der Waals surface area contributed by atoms with Crippen LogP contribution < -0.4 is 0 Å². The van der Waals surface area contributed by atoms with E-state index >= 15 is 0 Å². The third-order valence-corrected chi connectivity index (χ3v) is 7.82. The lowest BCUT2D eigenvalue weighted by molar-refractivity contribution is -0.114. The van der Waals surface area contributed by atoms with Gasteiger partial charge in [-0.05, 0) is 43.4 Å². The summed E-state index contributed by atoms with van der Waals surface area (Å²) in [5, 5.41) is 9.68. The SMILES string of the molecule is CCCCCCC1CCC(C(CCCC)CCCC(C#N)(C=O)CCCCC)CC1. The summed E-state index contributed by atoms with van der Waals surface area (Å²) in [6.07, 6.45) is 24.7. The number of carbonyl (C=O) groups is 1. The van der Waals surface area contributed by atoms with Crippen molar-refractivity contribution in [3.8, 4) is 6.07 Å². The topological polar surface area (TPSA) is 40.9 Å². The molecule has 2 atom stereocenters. The summed E-state index contributed by atoms with van der Waals surface area (Å²) in [4.78, 5) is 11.7. The molecule has 0 spiro atoms. The molecule has 0 saturated heterocycles. The molecule has 0 aromatic heterocycles. The minimum absolute atomic E-state index is 0.722. The van der Waals surface area contributed by atoms with Crippen molar-refractivity contribution in [3.05, 3.63) is 0 Å². The predicted octanol–water partition coefficient (Wildman–Crippen LogP) is 9.03. The second-order valence-electron chi connectivity index (χ2n) is 10.3. The van der Waals surface area contributed by atoms with Crippen LogP contribution in [0.1, 0.15) is 143 Å². The largest absolute Gasteiger partial charge is 0.302 e. The van der Waals surface area contributed by atoms with Gasteiger partial charge in [0.25, 0.3) is 0 Å². The van der Waals surface area contributed by atoms with Gasteiger partial charge in [0, 0.05) is 0 Å². The van der Waals surface area contributed by atoms with Crippen LogP contribution >= 0.6 is 0 Å². The lowest BCUT2D eigenvalue weighted by Crippen LogP contribution is -2.24. The molecule has 0 aliphatic heterocycles. The summed E-state index contributed by atoms with van der Waals surface area (Å²) in [7, 11) is 0. The first-order chi connectivity index (χ1) is 14.6.